The zero-order chi connectivity index (χ0) is 24.5. The highest BCUT2D eigenvalue weighted by Crippen LogP contribution is 2.44. The smallest absolute Gasteiger partial charge is 0.301 e. The van der Waals surface area contributed by atoms with E-state index in [1.807, 2.05) is 13.0 Å². The van der Waals surface area contributed by atoms with Crippen LogP contribution in [0.5, 0.6) is 11.5 Å². The molecular weight excluding hydrogens is 466 g/mol. The van der Waals surface area contributed by atoms with E-state index in [4.69, 9.17) is 9.47 Å². The van der Waals surface area contributed by atoms with E-state index in [2.05, 4.69) is 9.97 Å². The summed E-state index contributed by atoms with van der Waals surface area (Å²) in [7, 11) is 1.58. The maximum absolute atomic E-state index is 13.3. The van der Waals surface area contributed by atoms with Gasteiger partial charge >= 0.3 is 5.91 Å². The number of hydrogen-bond acceptors (Lipinski definition) is 8. The number of aliphatic hydroxyl groups is 1. The number of fused-ring (bicyclic) bond motifs is 1. The summed E-state index contributed by atoms with van der Waals surface area (Å²) in [5.41, 5.74) is 1.69. The number of aromatic nitrogens is 2. The molecular formula is C26H21N3O5S. The Morgan fingerprint density at radius 2 is 1.77 bits per heavy atom. The Bertz CT molecular complexity index is 1450. The first-order valence-corrected chi connectivity index (χ1v) is 11.7. The summed E-state index contributed by atoms with van der Waals surface area (Å²) in [6, 6.07) is 14.8. The monoisotopic (exact) mass is 487 g/mol. The summed E-state index contributed by atoms with van der Waals surface area (Å²) in [4.78, 5) is 36.6. The molecule has 2 aromatic carbocycles. The van der Waals surface area contributed by atoms with Gasteiger partial charge in [-0.3, -0.25) is 19.5 Å². The average Bonchev–Trinajstić information content (AvgIpc) is 3.42. The zero-order valence-corrected chi connectivity index (χ0v) is 19.8. The Hall–Kier alpha value is -4.24. The van der Waals surface area contributed by atoms with E-state index in [9.17, 15) is 14.7 Å². The fourth-order valence-corrected chi connectivity index (χ4v) is 5.07. The van der Waals surface area contributed by atoms with E-state index in [0.717, 1.165) is 4.70 Å². The number of pyridine rings is 1. The molecule has 1 saturated heterocycles. The first kappa shape index (κ1) is 22.5. The van der Waals surface area contributed by atoms with Crippen molar-refractivity contribution in [1.82, 2.24) is 9.97 Å². The van der Waals surface area contributed by atoms with Crippen molar-refractivity contribution in [2.24, 2.45) is 0 Å². The Balaban J connectivity index is 1.69. The molecule has 1 atom stereocenters. The molecule has 3 heterocycles. The average molecular weight is 488 g/mol. The summed E-state index contributed by atoms with van der Waals surface area (Å²) >= 11 is 1.27. The van der Waals surface area contributed by atoms with Gasteiger partial charge in [0, 0.05) is 18.0 Å². The quantitative estimate of drug-likeness (QED) is 0.238. The molecule has 8 nitrogen and oxygen atoms in total. The van der Waals surface area contributed by atoms with Crippen LogP contribution < -0.4 is 14.4 Å². The van der Waals surface area contributed by atoms with Crippen LogP contribution in [0.4, 0.5) is 5.13 Å². The number of ketones is 1. The fraction of sp³-hybridized carbons (Fsp3) is 0.154. The highest BCUT2D eigenvalue weighted by Gasteiger charge is 2.48. The molecule has 9 heteroatoms. The number of benzene rings is 2. The van der Waals surface area contributed by atoms with Gasteiger partial charge in [-0.05, 0) is 55.0 Å². The Morgan fingerprint density at radius 1 is 1.06 bits per heavy atom. The van der Waals surface area contributed by atoms with Crippen molar-refractivity contribution in [2.75, 3.05) is 18.6 Å². The van der Waals surface area contributed by atoms with E-state index in [0.29, 0.717) is 39.9 Å². The summed E-state index contributed by atoms with van der Waals surface area (Å²) in [6.45, 7) is 2.40. The number of anilines is 1. The van der Waals surface area contributed by atoms with Gasteiger partial charge in [0.2, 0.25) is 0 Å². The molecule has 2 aromatic heterocycles. The van der Waals surface area contributed by atoms with Crippen molar-refractivity contribution in [3.63, 3.8) is 0 Å². The van der Waals surface area contributed by atoms with Gasteiger partial charge in [0.25, 0.3) is 5.78 Å². The van der Waals surface area contributed by atoms with Crippen molar-refractivity contribution >= 4 is 44.1 Å². The van der Waals surface area contributed by atoms with Crippen molar-refractivity contribution < 1.29 is 24.2 Å². The summed E-state index contributed by atoms with van der Waals surface area (Å²) in [5.74, 6) is -0.486. The minimum absolute atomic E-state index is 0.0119. The molecule has 0 radical (unpaired) electrons. The topological polar surface area (TPSA) is 102 Å². The van der Waals surface area contributed by atoms with Crippen LogP contribution in [0, 0.1) is 0 Å². The standard InChI is InChI=1S/C26H21N3O5S/c1-3-34-17-6-4-15(5-7-17)22-21(23(30)16-10-12-27-13-11-16)24(31)25(32)29(22)26-28-19-9-8-18(33-2)14-20(19)35-26/h4-14,22,30H,3H2,1-2H3. The number of aliphatic hydroxyl groups excluding tert-OH is 1. The molecule has 5 rings (SSSR count). The number of rotatable bonds is 6. The van der Waals surface area contributed by atoms with E-state index < -0.39 is 17.7 Å². The van der Waals surface area contributed by atoms with Crippen LogP contribution in [-0.4, -0.2) is 40.5 Å². The fourth-order valence-electron chi connectivity index (χ4n) is 4.05. The van der Waals surface area contributed by atoms with E-state index >= 15 is 0 Å². The van der Waals surface area contributed by atoms with Crippen molar-refractivity contribution in [2.45, 2.75) is 13.0 Å². The molecule has 0 aliphatic carbocycles. The highest BCUT2D eigenvalue weighted by atomic mass is 32.1. The lowest BCUT2D eigenvalue weighted by Crippen LogP contribution is -2.29. The van der Waals surface area contributed by atoms with Gasteiger partial charge in [0.1, 0.15) is 17.3 Å². The number of Topliss-reactive ketones (excluding diaryl/α,β-unsaturated/α-hetero) is 1. The Morgan fingerprint density at radius 3 is 2.46 bits per heavy atom. The number of carbonyl (C=O) groups is 2. The second kappa shape index (κ2) is 9.19. The largest absolute Gasteiger partial charge is 0.507 e. The van der Waals surface area contributed by atoms with Gasteiger partial charge in [0.15, 0.2) is 5.13 Å². The van der Waals surface area contributed by atoms with Crippen LogP contribution in [0.2, 0.25) is 0 Å². The number of nitrogens with zero attached hydrogens (tertiary/aromatic N) is 3. The molecule has 35 heavy (non-hydrogen) atoms. The molecule has 1 N–H and O–H groups in total. The van der Waals surface area contributed by atoms with E-state index in [1.165, 1.54) is 28.6 Å². The number of thiazole rings is 1. The van der Waals surface area contributed by atoms with Crippen molar-refractivity contribution in [3.8, 4) is 11.5 Å². The SMILES string of the molecule is CCOc1ccc(C2C(=C(O)c3ccncc3)C(=O)C(=O)N2c2nc3ccc(OC)cc3s2)cc1. The number of amides is 1. The molecule has 0 saturated carbocycles. The second-order valence-corrected chi connectivity index (χ2v) is 8.75. The van der Waals surface area contributed by atoms with Crippen LogP contribution in [-0.2, 0) is 9.59 Å². The van der Waals surface area contributed by atoms with E-state index in [1.54, 1.807) is 55.6 Å². The molecule has 4 aromatic rings. The third kappa shape index (κ3) is 4.00. The van der Waals surface area contributed by atoms with Gasteiger partial charge in [0.05, 0.1) is 35.5 Å². The first-order valence-electron chi connectivity index (χ1n) is 10.9. The van der Waals surface area contributed by atoms with Crippen molar-refractivity contribution in [3.05, 3.63) is 83.7 Å². The first-order chi connectivity index (χ1) is 17.0. The van der Waals surface area contributed by atoms with Gasteiger partial charge in [-0.1, -0.05) is 23.5 Å². The maximum Gasteiger partial charge on any atom is 0.301 e. The van der Waals surface area contributed by atoms with Gasteiger partial charge in [-0.15, -0.1) is 0 Å². The summed E-state index contributed by atoms with van der Waals surface area (Å²) in [6.07, 6.45) is 3.02. The number of carbonyl (C=O) groups excluding carboxylic acids is 2. The highest BCUT2D eigenvalue weighted by molar-refractivity contribution is 7.22. The van der Waals surface area contributed by atoms with Crippen LogP contribution in [0.25, 0.3) is 16.0 Å². The zero-order valence-electron chi connectivity index (χ0n) is 19.0. The van der Waals surface area contributed by atoms with Crippen LogP contribution in [0.15, 0.2) is 72.6 Å². The Kier molecular flexibility index (Phi) is 5.92. The molecule has 1 aliphatic rings. The second-order valence-electron chi connectivity index (χ2n) is 7.74. The minimum atomic E-state index is -0.874. The maximum atomic E-state index is 13.3. The predicted molar refractivity (Wildman–Crippen MR) is 133 cm³/mol. The molecule has 1 aliphatic heterocycles. The van der Waals surface area contributed by atoms with Gasteiger partial charge in [-0.2, -0.15) is 0 Å². The van der Waals surface area contributed by atoms with Crippen molar-refractivity contribution in [1.29, 1.82) is 0 Å². The lowest BCUT2D eigenvalue weighted by Gasteiger charge is -2.23. The molecule has 1 amide bonds. The lowest BCUT2D eigenvalue weighted by molar-refractivity contribution is -0.132. The summed E-state index contributed by atoms with van der Waals surface area (Å²) < 4.78 is 11.7. The van der Waals surface area contributed by atoms with E-state index in [-0.39, 0.29) is 11.3 Å². The van der Waals surface area contributed by atoms with Gasteiger partial charge < -0.3 is 14.6 Å². The normalized spacial score (nSPS) is 17.2. The molecule has 1 unspecified atom stereocenters. The number of methoxy groups -OCH3 is 1. The minimum Gasteiger partial charge on any atom is -0.507 e. The third-order valence-electron chi connectivity index (χ3n) is 5.70. The van der Waals surface area contributed by atoms with Crippen LogP contribution in [0.3, 0.4) is 0 Å². The molecule has 0 bridgehead atoms. The summed E-state index contributed by atoms with van der Waals surface area (Å²) in [5, 5.41) is 11.5. The molecule has 0 spiro atoms. The Labute approximate surface area is 205 Å². The number of ether oxygens (including phenoxy) is 2. The molecule has 1 fully saturated rings. The molecule has 176 valence electrons. The third-order valence-corrected chi connectivity index (χ3v) is 6.71. The van der Waals surface area contributed by atoms with Gasteiger partial charge in [-0.25, -0.2) is 4.98 Å². The number of hydrogen-bond donors (Lipinski definition) is 1. The van der Waals surface area contributed by atoms with Crippen LogP contribution in [0.1, 0.15) is 24.1 Å². The predicted octanol–water partition coefficient (Wildman–Crippen LogP) is 4.72. The van der Waals surface area contributed by atoms with Crippen LogP contribution >= 0.6 is 11.3 Å². The lowest BCUT2D eigenvalue weighted by atomic mass is 9.95.